The monoisotopic (exact) mass is 597 g/mol. The van der Waals surface area contributed by atoms with Crippen LogP contribution >= 0.6 is 34.4 Å². The number of benzene rings is 3. The molecule has 0 aliphatic carbocycles. The number of nitrogens with one attached hydrogen (secondary N) is 2. The molecule has 0 aromatic heterocycles. The van der Waals surface area contributed by atoms with E-state index in [4.69, 9.17) is 9.47 Å². The van der Waals surface area contributed by atoms with Crippen molar-refractivity contribution in [3.63, 3.8) is 0 Å². The molecule has 2 N–H and O–H groups in total. The predicted octanol–water partition coefficient (Wildman–Crippen LogP) is 5.91. The fourth-order valence-corrected chi connectivity index (χ4v) is 5.34. The molecule has 8 heteroatoms. The Bertz CT molecular complexity index is 1300. The van der Waals surface area contributed by atoms with Crippen molar-refractivity contribution >= 4 is 52.0 Å². The van der Waals surface area contributed by atoms with Crippen LogP contribution in [0.2, 0.25) is 0 Å². The number of thioether (sulfide) groups is 1. The number of hydrogen-bond donors (Lipinski definition) is 2. The third kappa shape index (κ3) is 6.10. The van der Waals surface area contributed by atoms with Gasteiger partial charge in [-0.15, -0.1) is 0 Å². The molecule has 1 atom stereocenters. The van der Waals surface area contributed by atoms with Gasteiger partial charge in [-0.25, -0.2) is 0 Å². The first-order valence-electron chi connectivity index (χ1n) is 11.0. The second-order valence-corrected chi connectivity index (χ2v) is 10.1. The van der Waals surface area contributed by atoms with Gasteiger partial charge in [0.2, 0.25) is 0 Å². The van der Waals surface area contributed by atoms with E-state index in [2.05, 4.69) is 58.4 Å². The van der Waals surface area contributed by atoms with Crippen LogP contribution in [-0.4, -0.2) is 18.5 Å². The van der Waals surface area contributed by atoms with E-state index in [0.29, 0.717) is 22.0 Å². The first kappa shape index (κ1) is 24.9. The summed E-state index contributed by atoms with van der Waals surface area (Å²) in [6.45, 7) is 2.37. The average Bonchev–Trinajstić information content (AvgIpc) is 3.21. The number of aryl methyl sites for hydroxylation is 1. The molecule has 1 fully saturated rings. The molecule has 3 aromatic rings. The number of methoxy groups -OCH3 is 1. The normalized spacial score (nSPS) is 16.0. The zero-order chi connectivity index (χ0) is 24.8. The van der Waals surface area contributed by atoms with Crippen LogP contribution in [0, 0.1) is 14.9 Å². The first-order chi connectivity index (χ1) is 17.0. The fourth-order valence-electron chi connectivity index (χ4n) is 3.57. The van der Waals surface area contributed by atoms with Gasteiger partial charge in [-0.3, -0.25) is 4.79 Å². The van der Waals surface area contributed by atoms with E-state index < -0.39 is 0 Å². The van der Waals surface area contributed by atoms with Crippen molar-refractivity contribution in [2.24, 2.45) is 0 Å². The van der Waals surface area contributed by atoms with Crippen molar-refractivity contribution < 1.29 is 14.3 Å². The van der Waals surface area contributed by atoms with Gasteiger partial charge >= 0.3 is 0 Å². The number of amides is 1. The van der Waals surface area contributed by atoms with Crippen LogP contribution in [0.15, 0.2) is 65.6 Å². The molecule has 3 aromatic carbocycles. The maximum absolute atomic E-state index is 12.6. The topological polar surface area (TPSA) is 83.4 Å². The maximum atomic E-state index is 12.6. The van der Waals surface area contributed by atoms with E-state index >= 15 is 0 Å². The molecule has 1 heterocycles. The zero-order valence-electron chi connectivity index (χ0n) is 19.3. The lowest BCUT2D eigenvalue weighted by atomic mass is 10.1. The third-order valence-corrected chi connectivity index (χ3v) is 7.28. The number of nitriles is 1. The van der Waals surface area contributed by atoms with Gasteiger partial charge in [-0.2, -0.15) is 5.26 Å². The van der Waals surface area contributed by atoms with Crippen molar-refractivity contribution in [2.75, 3.05) is 12.4 Å². The number of anilines is 1. The highest BCUT2D eigenvalue weighted by Crippen LogP contribution is 2.37. The van der Waals surface area contributed by atoms with Crippen LogP contribution in [-0.2, 0) is 17.8 Å². The van der Waals surface area contributed by atoms with Crippen LogP contribution < -0.4 is 20.1 Å². The molecule has 4 rings (SSSR count). The standard InChI is InChI=1S/C27H24IN3O3S/c1-3-17-8-10-21(11-9-17)30-27-31-26(32)24(35-27)14-18-12-22(28)25(23(13-18)33-2)34-16-20-7-5-4-6-19(20)15-29/h4-14,27,30H,3,16H2,1-2H3,(H,31,32)/b24-14-/t27-/m1/s1. The predicted molar refractivity (Wildman–Crippen MR) is 148 cm³/mol. The van der Waals surface area contributed by atoms with Gasteiger partial charge < -0.3 is 20.1 Å². The van der Waals surface area contributed by atoms with Crippen molar-refractivity contribution in [1.29, 1.82) is 5.26 Å². The molecule has 0 saturated carbocycles. The lowest BCUT2D eigenvalue weighted by Gasteiger charge is -2.14. The number of carbonyl (C=O) groups excluding carboxylic acids is 1. The molecular formula is C27H24IN3O3S. The highest BCUT2D eigenvalue weighted by molar-refractivity contribution is 14.1. The molecule has 0 unspecified atom stereocenters. The number of hydrogen-bond acceptors (Lipinski definition) is 6. The molecule has 1 aliphatic rings. The van der Waals surface area contributed by atoms with Crippen LogP contribution in [0.1, 0.15) is 29.2 Å². The fraction of sp³-hybridized carbons (Fsp3) is 0.185. The summed E-state index contributed by atoms with van der Waals surface area (Å²) in [7, 11) is 1.58. The Labute approximate surface area is 222 Å². The van der Waals surface area contributed by atoms with Crippen molar-refractivity contribution in [3.05, 3.63) is 91.4 Å². The smallest absolute Gasteiger partial charge is 0.260 e. The van der Waals surface area contributed by atoms with E-state index in [-0.39, 0.29) is 18.0 Å². The Morgan fingerprint density at radius 1 is 1.20 bits per heavy atom. The molecule has 1 saturated heterocycles. The third-order valence-electron chi connectivity index (χ3n) is 5.45. The summed E-state index contributed by atoms with van der Waals surface area (Å²) in [4.78, 5) is 13.2. The van der Waals surface area contributed by atoms with E-state index in [0.717, 1.165) is 26.8 Å². The van der Waals surface area contributed by atoms with Crippen LogP contribution in [0.4, 0.5) is 5.69 Å². The average molecular weight is 597 g/mol. The molecule has 0 spiro atoms. The van der Waals surface area contributed by atoms with Crippen molar-refractivity contribution in [1.82, 2.24) is 5.32 Å². The molecule has 0 radical (unpaired) electrons. The molecule has 1 amide bonds. The van der Waals surface area contributed by atoms with E-state index in [9.17, 15) is 10.1 Å². The molecule has 0 bridgehead atoms. The molecule has 6 nitrogen and oxygen atoms in total. The lowest BCUT2D eigenvalue weighted by molar-refractivity contribution is -0.116. The quantitative estimate of drug-likeness (QED) is 0.248. The Kier molecular flexibility index (Phi) is 8.21. The Hall–Kier alpha value is -3.16. The highest BCUT2D eigenvalue weighted by atomic mass is 127. The number of rotatable bonds is 8. The van der Waals surface area contributed by atoms with Crippen LogP contribution in [0.3, 0.4) is 0 Å². The molecule has 1 aliphatic heterocycles. The van der Waals surface area contributed by atoms with Crippen molar-refractivity contribution in [2.45, 2.75) is 25.4 Å². The summed E-state index contributed by atoms with van der Waals surface area (Å²) >= 11 is 3.63. The maximum Gasteiger partial charge on any atom is 0.260 e. The molecule has 35 heavy (non-hydrogen) atoms. The van der Waals surface area contributed by atoms with E-state index in [1.165, 1.54) is 17.3 Å². The van der Waals surface area contributed by atoms with Gasteiger partial charge in [0, 0.05) is 11.3 Å². The number of halogens is 1. The number of nitrogens with zero attached hydrogens (tertiary/aromatic N) is 1. The van der Waals surface area contributed by atoms with Crippen LogP contribution in [0.25, 0.3) is 6.08 Å². The summed E-state index contributed by atoms with van der Waals surface area (Å²) < 4.78 is 12.5. The summed E-state index contributed by atoms with van der Waals surface area (Å²) in [5.41, 5.74) is 4.20. The minimum Gasteiger partial charge on any atom is -0.493 e. The van der Waals surface area contributed by atoms with Crippen LogP contribution in [0.5, 0.6) is 11.5 Å². The lowest BCUT2D eigenvalue weighted by Crippen LogP contribution is -2.30. The summed E-state index contributed by atoms with van der Waals surface area (Å²) in [6, 6.07) is 21.5. The second kappa shape index (κ2) is 11.5. The van der Waals surface area contributed by atoms with Gasteiger partial charge in [0.25, 0.3) is 5.91 Å². The van der Waals surface area contributed by atoms with E-state index in [1.54, 1.807) is 13.2 Å². The van der Waals surface area contributed by atoms with Gasteiger partial charge in [0.15, 0.2) is 17.0 Å². The first-order valence-corrected chi connectivity index (χ1v) is 13.0. The van der Waals surface area contributed by atoms with Gasteiger partial charge in [0.05, 0.1) is 27.2 Å². The second-order valence-electron chi connectivity index (χ2n) is 7.77. The minimum absolute atomic E-state index is 0.125. The van der Waals surface area contributed by atoms with Gasteiger partial charge in [0.1, 0.15) is 6.61 Å². The zero-order valence-corrected chi connectivity index (χ0v) is 22.3. The summed E-state index contributed by atoms with van der Waals surface area (Å²) in [6.07, 6.45) is 2.84. The SMILES string of the molecule is CCc1ccc(N[C@@H]2NC(=O)/C(=C/c3cc(I)c(OCc4ccccc4C#N)c(OC)c3)S2)cc1. The molecule has 178 valence electrons. The minimum atomic E-state index is -0.245. The summed E-state index contributed by atoms with van der Waals surface area (Å²) in [5.74, 6) is 1.04. The van der Waals surface area contributed by atoms with Crippen molar-refractivity contribution in [3.8, 4) is 17.6 Å². The van der Waals surface area contributed by atoms with E-state index in [1.807, 2.05) is 48.5 Å². The number of carbonyl (C=O) groups is 1. The van der Waals surface area contributed by atoms with Gasteiger partial charge in [-0.1, -0.05) is 49.0 Å². The van der Waals surface area contributed by atoms with Gasteiger partial charge in [-0.05, 0) is 76.5 Å². The Morgan fingerprint density at radius 2 is 1.97 bits per heavy atom. The number of ether oxygens (including phenoxy) is 2. The Morgan fingerprint density at radius 3 is 2.69 bits per heavy atom. The molecular weight excluding hydrogens is 573 g/mol. The largest absolute Gasteiger partial charge is 0.493 e. The summed E-state index contributed by atoms with van der Waals surface area (Å²) in [5, 5.41) is 15.6. The Balaban J connectivity index is 1.48. The highest BCUT2D eigenvalue weighted by Gasteiger charge is 2.27.